The Hall–Kier alpha value is -0.610. The summed E-state index contributed by atoms with van der Waals surface area (Å²) in [6, 6.07) is 0.663. The van der Waals surface area contributed by atoms with E-state index in [1.165, 1.54) is 12.8 Å². The molecule has 0 aromatic carbocycles. The van der Waals surface area contributed by atoms with Gasteiger partial charge in [0, 0.05) is 31.7 Å². The molecule has 4 heteroatoms. The van der Waals surface area contributed by atoms with E-state index in [4.69, 9.17) is 4.74 Å². The van der Waals surface area contributed by atoms with Crippen LogP contribution in [-0.4, -0.2) is 60.1 Å². The Labute approximate surface area is 141 Å². The molecule has 3 rings (SSSR count). The minimum atomic E-state index is 0.0396. The molecular formula is C19H34N2O2. The van der Waals surface area contributed by atoms with E-state index in [1.54, 1.807) is 0 Å². The second kappa shape index (κ2) is 7.52. The van der Waals surface area contributed by atoms with E-state index in [1.807, 2.05) is 0 Å². The zero-order valence-electron chi connectivity index (χ0n) is 15.1. The van der Waals surface area contributed by atoms with Crippen molar-refractivity contribution in [2.75, 3.05) is 32.8 Å². The van der Waals surface area contributed by atoms with Crippen LogP contribution in [0.2, 0.25) is 0 Å². The van der Waals surface area contributed by atoms with Crippen molar-refractivity contribution in [1.82, 2.24) is 9.80 Å². The molecule has 2 saturated heterocycles. The minimum absolute atomic E-state index is 0.0396. The number of hydrogen-bond donors (Lipinski definition) is 0. The number of carbonyl (C=O) groups is 1. The normalized spacial score (nSPS) is 28.7. The molecule has 1 atom stereocenters. The van der Waals surface area contributed by atoms with Crippen LogP contribution in [0, 0.1) is 5.92 Å². The highest BCUT2D eigenvalue weighted by molar-refractivity contribution is 5.79. The average Bonchev–Trinajstić information content (AvgIpc) is 3.11. The molecule has 132 valence electrons. The Bertz CT molecular complexity index is 394. The van der Waals surface area contributed by atoms with E-state index in [0.29, 0.717) is 17.9 Å². The molecule has 2 heterocycles. The number of piperidine rings is 1. The zero-order valence-corrected chi connectivity index (χ0v) is 15.1. The lowest BCUT2D eigenvalue weighted by atomic mass is 9.81. The third-order valence-corrected chi connectivity index (χ3v) is 6.49. The summed E-state index contributed by atoms with van der Waals surface area (Å²) in [5.41, 5.74) is 0.0396. The van der Waals surface area contributed by atoms with Gasteiger partial charge in [-0.25, -0.2) is 0 Å². The van der Waals surface area contributed by atoms with Crippen LogP contribution in [0.15, 0.2) is 0 Å². The average molecular weight is 322 g/mol. The van der Waals surface area contributed by atoms with Gasteiger partial charge in [0.25, 0.3) is 0 Å². The topological polar surface area (TPSA) is 32.8 Å². The van der Waals surface area contributed by atoms with E-state index < -0.39 is 0 Å². The molecule has 0 N–H and O–H groups in total. The van der Waals surface area contributed by atoms with Crippen LogP contribution in [0.25, 0.3) is 0 Å². The largest absolute Gasteiger partial charge is 0.375 e. The second-order valence-electron chi connectivity index (χ2n) is 7.71. The zero-order chi connectivity index (χ0) is 16.3. The quantitative estimate of drug-likeness (QED) is 0.797. The van der Waals surface area contributed by atoms with Gasteiger partial charge in [-0.1, -0.05) is 26.7 Å². The summed E-state index contributed by atoms with van der Waals surface area (Å²) in [6.45, 7) is 9.47. The Morgan fingerprint density at radius 1 is 1.13 bits per heavy atom. The highest BCUT2D eigenvalue weighted by atomic mass is 16.5. The standard InChI is InChI=1S/C19H34N2O2/c1-3-20(4-2)17-9-14-23-19(15-17)10-12-21(13-11-19)18(22)16-7-5-6-8-16/h16-17H,3-15H2,1-2H3. The van der Waals surface area contributed by atoms with Gasteiger partial charge in [-0.2, -0.15) is 0 Å². The molecule has 23 heavy (non-hydrogen) atoms. The number of ether oxygens (including phenoxy) is 1. The molecule has 1 saturated carbocycles. The van der Waals surface area contributed by atoms with Crippen molar-refractivity contribution in [1.29, 1.82) is 0 Å². The van der Waals surface area contributed by atoms with Gasteiger partial charge in [0.1, 0.15) is 0 Å². The Morgan fingerprint density at radius 3 is 2.39 bits per heavy atom. The van der Waals surface area contributed by atoms with Crippen LogP contribution in [0.3, 0.4) is 0 Å². The maximum Gasteiger partial charge on any atom is 0.225 e. The van der Waals surface area contributed by atoms with Gasteiger partial charge in [-0.3, -0.25) is 4.79 Å². The smallest absolute Gasteiger partial charge is 0.225 e. The molecule has 3 aliphatic rings. The second-order valence-corrected chi connectivity index (χ2v) is 7.71. The van der Waals surface area contributed by atoms with Gasteiger partial charge in [0.2, 0.25) is 5.91 Å². The Morgan fingerprint density at radius 2 is 1.78 bits per heavy atom. The molecule has 0 radical (unpaired) electrons. The summed E-state index contributed by atoms with van der Waals surface area (Å²) in [7, 11) is 0. The predicted octanol–water partition coefficient (Wildman–Crippen LogP) is 3.06. The van der Waals surface area contributed by atoms with Gasteiger partial charge >= 0.3 is 0 Å². The fourth-order valence-electron chi connectivity index (χ4n) is 4.97. The molecule has 0 aromatic rings. The lowest BCUT2D eigenvalue weighted by molar-refractivity contribution is -0.151. The molecule has 1 amide bonds. The molecule has 2 aliphatic heterocycles. The number of nitrogens with zero attached hydrogens (tertiary/aromatic N) is 2. The van der Waals surface area contributed by atoms with Crippen LogP contribution in [0.5, 0.6) is 0 Å². The summed E-state index contributed by atoms with van der Waals surface area (Å²) in [5.74, 6) is 0.744. The number of likely N-dealkylation sites (tertiary alicyclic amines) is 1. The van der Waals surface area contributed by atoms with Gasteiger partial charge in [-0.05, 0) is 51.6 Å². The number of amides is 1. The molecule has 1 spiro atoms. The van der Waals surface area contributed by atoms with E-state index in [-0.39, 0.29) is 5.60 Å². The number of hydrogen-bond acceptors (Lipinski definition) is 3. The molecule has 0 bridgehead atoms. The predicted molar refractivity (Wildman–Crippen MR) is 92.4 cm³/mol. The van der Waals surface area contributed by atoms with Crippen molar-refractivity contribution in [3.05, 3.63) is 0 Å². The van der Waals surface area contributed by atoms with Crippen molar-refractivity contribution in [3.63, 3.8) is 0 Å². The van der Waals surface area contributed by atoms with E-state index >= 15 is 0 Å². The first-order chi connectivity index (χ1) is 11.2. The first-order valence-corrected chi connectivity index (χ1v) is 9.84. The molecule has 4 nitrogen and oxygen atoms in total. The van der Waals surface area contributed by atoms with Crippen LogP contribution in [-0.2, 0) is 9.53 Å². The van der Waals surface area contributed by atoms with Gasteiger partial charge in [0.15, 0.2) is 0 Å². The number of rotatable bonds is 4. The van der Waals surface area contributed by atoms with Crippen molar-refractivity contribution < 1.29 is 9.53 Å². The fraction of sp³-hybridized carbons (Fsp3) is 0.947. The highest BCUT2D eigenvalue weighted by Gasteiger charge is 2.42. The first kappa shape index (κ1) is 17.2. The van der Waals surface area contributed by atoms with Crippen molar-refractivity contribution in [3.8, 4) is 0 Å². The van der Waals surface area contributed by atoms with Crippen molar-refractivity contribution in [2.24, 2.45) is 5.92 Å². The SMILES string of the molecule is CCN(CC)C1CCOC2(CCN(C(=O)C3CCCC3)CC2)C1. The Kier molecular flexibility index (Phi) is 5.63. The van der Waals surface area contributed by atoms with Crippen LogP contribution in [0.4, 0.5) is 0 Å². The number of carbonyl (C=O) groups excluding carboxylic acids is 1. The van der Waals surface area contributed by atoms with Crippen LogP contribution in [0.1, 0.15) is 65.2 Å². The van der Waals surface area contributed by atoms with E-state index in [0.717, 1.165) is 71.3 Å². The van der Waals surface area contributed by atoms with Crippen LogP contribution >= 0.6 is 0 Å². The van der Waals surface area contributed by atoms with Gasteiger partial charge < -0.3 is 14.5 Å². The minimum Gasteiger partial charge on any atom is -0.375 e. The molecule has 1 aliphatic carbocycles. The van der Waals surface area contributed by atoms with E-state index in [9.17, 15) is 4.79 Å². The summed E-state index contributed by atoms with van der Waals surface area (Å²) < 4.78 is 6.26. The third-order valence-electron chi connectivity index (χ3n) is 6.49. The van der Waals surface area contributed by atoms with Gasteiger partial charge in [0.05, 0.1) is 5.60 Å². The third kappa shape index (κ3) is 3.74. The lowest BCUT2D eigenvalue weighted by Crippen LogP contribution is -2.55. The highest BCUT2D eigenvalue weighted by Crippen LogP contribution is 2.37. The van der Waals surface area contributed by atoms with Crippen molar-refractivity contribution in [2.45, 2.75) is 76.9 Å². The first-order valence-electron chi connectivity index (χ1n) is 9.84. The summed E-state index contributed by atoms with van der Waals surface area (Å²) in [5, 5.41) is 0. The maximum absolute atomic E-state index is 12.6. The molecular weight excluding hydrogens is 288 g/mol. The van der Waals surface area contributed by atoms with Crippen LogP contribution < -0.4 is 0 Å². The van der Waals surface area contributed by atoms with E-state index in [2.05, 4.69) is 23.6 Å². The molecule has 0 aromatic heterocycles. The molecule has 1 unspecified atom stereocenters. The molecule has 3 fully saturated rings. The van der Waals surface area contributed by atoms with Gasteiger partial charge in [-0.15, -0.1) is 0 Å². The monoisotopic (exact) mass is 322 g/mol. The fourth-order valence-corrected chi connectivity index (χ4v) is 4.97. The summed E-state index contributed by atoms with van der Waals surface area (Å²) in [6.07, 6.45) is 9.08. The summed E-state index contributed by atoms with van der Waals surface area (Å²) in [4.78, 5) is 17.3. The summed E-state index contributed by atoms with van der Waals surface area (Å²) >= 11 is 0. The van der Waals surface area contributed by atoms with Crippen molar-refractivity contribution >= 4 is 5.91 Å². The Balaban J connectivity index is 1.55. The lowest BCUT2D eigenvalue weighted by Gasteiger charge is -2.48. The maximum atomic E-state index is 12.6.